The standard InChI is InChI=1S/C16H16FN3O4/c17-11-1-3-12(4-2-11)20-6-5-14(18-20)16(23)19-7-8-24-13(10-19)9-15(21)22/h1-6,13H,7-10H2,(H,21,22)/t13-/m1/s1. The van der Waals surface area contributed by atoms with Crippen molar-refractivity contribution in [2.45, 2.75) is 12.5 Å². The Morgan fingerprint density at radius 3 is 2.75 bits per heavy atom. The van der Waals surface area contributed by atoms with Crippen molar-refractivity contribution in [2.75, 3.05) is 19.7 Å². The third-order valence-corrected chi connectivity index (χ3v) is 3.73. The summed E-state index contributed by atoms with van der Waals surface area (Å²) in [7, 11) is 0. The highest BCUT2D eigenvalue weighted by molar-refractivity contribution is 5.92. The smallest absolute Gasteiger partial charge is 0.306 e. The summed E-state index contributed by atoms with van der Waals surface area (Å²) in [5.74, 6) is -1.59. The Morgan fingerprint density at radius 1 is 1.29 bits per heavy atom. The molecule has 1 N–H and O–H groups in total. The first-order valence-corrected chi connectivity index (χ1v) is 7.47. The molecule has 2 heterocycles. The zero-order valence-corrected chi connectivity index (χ0v) is 12.8. The second-order valence-corrected chi connectivity index (χ2v) is 5.46. The van der Waals surface area contributed by atoms with Gasteiger partial charge >= 0.3 is 5.97 Å². The highest BCUT2D eigenvalue weighted by atomic mass is 19.1. The Balaban J connectivity index is 1.71. The number of amides is 1. The molecule has 8 heteroatoms. The maximum atomic E-state index is 13.0. The Bertz CT molecular complexity index is 744. The van der Waals surface area contributed by atoms with E-state index in [4.69, 9.17) is 9.84 Å². The van der Waals surface area contributed by atoms with E-state index in [9.17, 15) is 14.0 Å². The van der Waals surface area contributed by atoms with Crippen LogP contribution in [0.1, 0.15) is 16.9 Å². The Morgan fingerprint density at radius 2 is 2.04 bits per heavy atom. The van der Waals surface area contributed by atoms with Crippen molar-refractivity contribution in [3.63, 3.8) is 0 Å². The minimum atomic E-state index is -0.963. The molecule has 1 aromatic heterocycles. The molecule has 1 aliphatic heterocycles. The van der Waals surface area contributed by atoms with Gasteiger partial charge in [-0.1, -0.05) is 0 Å². The van der Waals surface area contributed by atoms with Crippen LogP contribution in [0.4, 0.5) is 4.39 Å². The van der Waals surface area contributed by atoms with E-state index in [2.05, 4.69) is 5.10 Å². The Hall–Kier alpha value is -2.74. The number of carbonyl (C=O) groups is 2. The van der Waals surface area contributed by atoms with E-state index < -0.39 is 12.1 Å². The molecule has 1 fully saturated rings. The number of aliphatic carboxylic acids is 1. The van der Waals surface area contributed by atoms with Crippen molar-refractivity contribution in [1.29, 1.82) is 0 Å². The van der Waals surface area contributed by atoms with Crippen molar-refractivity contribution < 1.29 is 23.8 Å². The molecule has 1 aromatic carbocycles. The van der Waals surface area contributed by atoms with E-state index >= 15 is 0 Å². The summed E-state index contributed by atoms with van der Waals surface area (Å²) >= 11 is 0. The van der Waals surface area contributed by atoms with Crippen LogP contribution in [0, 0.1) is 5.82 Å². The lowest BCUT2D eigenvalue weighted by molar-refractivity contribution is -0.141. The fourth-order valence-electron chi connectivity index (χ4n) is 2.56. The molecular weight excluding hydrogens is 317 g/mol. The molecule has 1 aliphatic rings. The second kappa shape index (κ2) is 6.79. The molecule has 1 amide bonds. The molecular formula is C16H16FN3O4. The van der Waals surface area contributed by atoms with Crippen molar-refractivity contribution in [2.24, 2.45) is 0 Å². The summed E-state index contributed by atoms with van der Waals surface area (Å²) in [6, 6.07) is 7.34. The van der Waals surface area contributed by atoms with Gasteiger partial charge in [-0.3, -0.25) is 9.59 Å². The van der Waals surface area contributed by atoms with Crippen LogP contribution in [0.3, 0.4) is 0 Å². The van der Waals surface area contributed by atoms with Gasteiger partial charge in [-0.2, -0.15) is 5.10 Å². The minimum absolute atomic E-state index is 0.145. The van der Waals surface area contributed by atoms with Crippen molar-refractivity contribution in [1.82, 2.24) is 14.7 Å². The van der Waals surface area contributed by atoms with Gasteiger partial charge in [0.05, 0.1) is 24.8 Å². The highest BCUT2D eigenvalue weighted by Crippen LogP contribution is 2.14. The zero-order chi connectivity index (χ0) is 17.1. The summed E-state index contributed by atoms with van der Waals surface area (Å²) in [6.07, 6.45) is 0.961. The summed E-state index contributed by atoms with van der Waals surface area (Å²) in [5.41, 5.74) is 0.886. The number of benzene rings is 1. The van der Waals surface area contributed by atoms with E-state index in [1.165, 1.54) is 21.7 Å². The number of aromatic nitrogens is 2. The predicted molar refractivity (Wildman–Crippen MR) is 81.4 cm³/mol. The summed E-state index contributed by atoms with van der Waals surface area (Å²) in [4.78, 5) is 24.8. The molecule has 2 aromatic rings. The van der Waals surface area contributed by atoms with Crippen LogP contribution in [0.25, 0.3) is 5.69 Å². The van der Waals surface area contributed by atoms with Gasteiger partial charge in [0.25, 0.3) is 5.91 Å². The molecule has 0 spiro atoms. The molecule has 7 nitrogen and oxygen atoms in total. The molecule has 3 rings (SSSR count). The topological polar surface area (TPSA) is 84.7 Å². The first-order chi connectivity index (χ1) is 11.5. The number of carbonyl (C=O) groups excluding carboxylic acids is 1. The number of carboxylic acid groups (broad SMARTS) is 1. The molecule has 24 heavy (non-hydrogen) atoms. The van der Waals surface area contributed by atoms with Gasteiger partial charge in [-0.05, 0) is 30.3 Å². The number of ether oxygens (including phenoxy) is 1. The monoisotopic (exact) mass is 333 g/mol. The van der Waals surface area contributed by atoms with Crippen LogP contribution in [0.5, 0.6) is 0 Å². The summed E-state index contributed by atoms with van der Waals surface area (Å²) < 4.78 is 19.8. The lowest BCUT2D eigenvalue weighted by atomic mass is 10.2. The number of hydrogen-bond acceptors (Lipinski definition) is 4. The van der Waals surface area contributed by atoms with E-state index in [0.29, 0.717) is 18.8 Å². The SMILES string of the molecule is O=C(O)C[C@@H]1CN(C(=O)c2ccn(-c3ccc(F)cc3)n2)CCO1. The molecule has 0 aliphatic carbocycles. The second-order valence-electron chi connectivity index (χ2n) is 5.46. The van der Waals surface area contributed by atoms with Gasteiger partial charge in [0.1, 0.15) is 5.82 Å². The van der Waals surface area contributed by atoms with Crippen LogP contribution in [0.2, 0.25) is 0 Å². The van der Waals surface area contributed by atoms with Gasteiger partial charge in [0.15, 0.2) is 5.69 Å². The van der Waals surface area contributed by atoms with E-state index in [0.717, 1.165) is 0 Å². The van der Waals surface area contributed by atoms with Gasteiger partial charge < -0.3 is 14.7 Å². The number of halogens is 1. The lowest BCUT2D eigenvalue weighted by Gasteiger charge is -2.31. The third-order valence-electron chi connectivity index (χ3n) is 3.73. The fourth-order valence-corrected chi connectivity index (χ4v) is 2.56. The maximum Gasteiger partial charge on any atom is 0.306 e. The Labute approximate surface area is 137 Å². The van der Waals surface area contributed by atoms with Crippen LogP contribution in [0.15, 0.2) is 36.5 Å². The summed E-state index contributed by atoms with van der Waals surface area (Å²) in [6.45, 7) is 0.898. The minimum Gasteiger partial charge on any atom is -0.481 e. The van der Waals surface area contributed by atoms with E-state index in [1.54, 1.807) is 24.4 Å². The van der Waals surface area contributed by atoms with E-state index in [-0.39, 0.29) is 30.4 Å². The van der Waals surface area contributed by atoms with Gasteiger partial charge in [-0.15, -0.1) is 0 Å². The molecule has 126 valence electrons. The van der Waals surface area contributed by atoms with Crippen LogP contribution >= 0.6 is 0 Å². The average molecular weight is 333 g/mol. The molecule has 0 bridgehead atoms. The molecule has 1 saturated heterocycles. The first-order valence-electron chi connectivity index (χ1n) is 7.47. The number of rotatable bonds is 4. The van der Waals surface area contributed by atoms with Crippen LogP contribution < -0.4 is 0 Å². The number of morpholine rings is 1. The number of nitrogens with zero attached hydrogens (tertiary/aromatic N) is 3. The molecule has 0 radical (unpaired) electrons. The van der Waals surface area contributed by atoms with Crippen molar-refractivity contribution in [3.8, 4) is 5.69 Å². The maximum absolute atomic E-state index is 13.0. The summed E-state index contributed by atoms with van der Waals surface area (Å²) in [5, 5.41) is 13.0. The van der Waals surface area contributed by atoms with Crippen LogP contribution in [-0.2, 0) is 9.53 Å². The molecule has 1 atom stereocenters. The van der Waals surface area contributed by atoms with Gasteiger partial charge in [0, 0.05) is 19.3 Å². The zero-order valence-electron chi connectivity index (χ0n) is 12.8. The van der Waals surface area contributed by atoms with Gasteiger partial charge in [-0.25, -0.2) is 9.07 Å². The van der Waals surface area contributed by atoms with Gasteiger partial charge in [0.2, 0.25) is 0 Å². The normalized spacial score (nSPS) is 17.7. The lowest BCUT2D eigenvalue weighted by Crippen LogP contribution is -2.46. The quantitative estimate of drug-likeness (QED) is 0.912. The highest BCUT2D eigenvalue weighted by Gasteiger charge is 2.27. The average Bonchev–Trinajstić information content (AvgIpc) is 3.04. The molecule has 0 saturated carbocycles. The molecule has 0 unspecified atom stereocenters. The van der Waals surface area contributed by atoms with Crippen LogP contribution in [-0.4, -0.2) is 57.5 Å². The number of hydrogen-bond donors (Lipinski definition) is 1. The fraction of sp³-hybridized carbons (Fsp3) is 0.312. The van der Waals surface area contributed by atoms with E-state index in [1.807, 2.05) is 0 Å². The third kappa shape index (κ3) is 3.60. The Kier molecular flexibility index (Phi) is 4.57. The van der Waals surface area contributed by atoms with Crippen molar-refractivity contribution in [3.05, 3.63) is 48.0 Å². The largest absolute Gasteiger partial charge is 0.481 e. The first kappa shape index (κ1) is 16.1. The predicted octanol–water partition coefficient (Wildman–Crippen LogP) is 1.33. The number of carboxylic acids is 1. The van der Waals surface area contributed by atoms with Crippen molar-refractivity contribution >= 4 is 11.9 Å².